The Morgan fingerprint density at radius 3 is 2.72 bits per heavy atom. The molecule has 1 N–H and O–H groups in total. The van der Waals surface area contributed by atoms with Crippen molar-refractivity contribution in [2.45, 2.75) is 30.9 Å². The summed E-state index contributed by atoms with van der Waals surface area (Å²) >= 11 is 7.15. The molecule has 0 fully saturated rings. The molecule has 1 amide bonds. The maximum atomic E-state index is 13.5. The van der Waals surface area contributed by atoms with E-state index in [4.69, 9.17) is 16.3 Å². The van der Waals surface area contributed by atoms with Crippen LogP contribution in [0.15, 0.2) is 83.1 Å². The van der Waals surface area contributed by atoms with Crippen LogP contribution in [0.5, 0.6) is 5.75 Å². The summed E-state index contributed by atoms with van der Waals surface area (Å²) in [6.45, 7) is 2.11. The molecule has 0 aliphatic carbocycles. The largest absolute Gasteiger partial charge is 0.487 e. The number of carbonyl (C=O) groups excluding carboxylic acids is 1. The first kappa shape index (κ1) is 24.3. The Morgan fingerprint density at radius 2 is 1.92 bits per heavy atom. The number of anilines is 2. The van der Waals surface area contributed by atoms with Gasteiger partial charge in [0, 0.05) is 22.0 Å². The summed E-state index contributed by atoms with van der Waals surface area (Å²) in [5, 5.41) is 5.55. The van der Waals surface area contributed by atoms with Crippen molar-refractivity contribution >= 4 is 49.7 Å². The first-order chi connectivity index (χ1) is 17.3. The fraction of sp³-hybridized carbons (Fsp3) is 0.154. The Labute approximate surface area is 218 Å². The number of nitrogens with one attached hydrogen (secondary N) is 1. The number of nitrogens with zero attached hydrogens (tertiary/aromatic N) is 2. The molecule has 0 saturated carbocycles. The molecule has 1 atom stereocenters. The minimum atomic E-state index is -3.85. The van der Waals surface area contributed by atoms with Crippen molar-refractivity contribution in [1.29, 1.82) is 0 Å². The van der Waals surface area contributed by atoms with E-state index in [1.54, 1.807) is 41.8 Å². The number of fused-ring (bicyclic) bond motifs is 1. The Balaban J connectivity index is 1.29. The molecule has 0 bridgehead atoms. The van der Waals surface area contributed by atoms with Gasteiger partial charge in [0.25, 0.3) is 15.9 Å². The molecule has 1 aromatic heterocycles. The number of benzene rings is 3. The van der Waals surface area contributed by atoms with Gasteiger partial charge in [-0.05, 0) is 67.4 Å². The van der Waals surface area contributed by atoms with Gasteiger partial charge in [-0.15, -0.1) is 11.3 Å². The number of rotatable bonds is 7. The molecule has 0 unspecified atom stereocenters. The fourth-order valence-corrected chi connectivity index (χ4v) is 6.66. The zero-order valence-electron chi connectivity index (χ0n) is 19.2. The van der Waals surface area contributed by atoms with Crippen molar-refractivity contribution in [2.24, 2.45) is 0 Å². The van der Waals surface area contributed by atoms with E-state index < -0.39 is 15.9 Å². The normalized spacial score (nSPS) is 14.9. The van der Waals surface area contributed by atoms with Gasteiger partial charge in [-0.3, -0.25) is 14.4 Å². The number of thiazole rings is 1. The van der Waals surface area contributed by atoms with Gasteiger partial charge in [0.2, 0.25) is 0 Å². The molecule has 1 aliphatic heterocycles. The summed E-state index contributed by atoms with van der Waals surface area (Å²) in [5.41, 5.74) is 2.55. The number of carbonyl (C=O) groups is 1. The van der Waals surface area contributed by atoms with E-state index in [0.29, 0.717) is 33.7 Å². The van der Waals surface area contributed by atoms with E-state index in [9.17, 15) is 13.2 Å². The number of sulfonamides is 1. The lowest BCUT2D eigenvalue weighted by Gasteiger charge is -2.24. The number of para-hydroxylation sites is 1. The maximum absolute atomic E-state index is 13.5. The maximum Gasteiger partial charge on any atom is 0.264 e. The number of aromatic nitrogens is 1. The topological polar surface area (TPSA) is 88.6 Å². The SMILES string of the molecule is C[C@H]1Cc2ccccc2N1S(=O)(=O)c1cccc(C(=O)Nc2nc(COc3ccc(Cl)cc3)cs2)c1. The lowest BCUT2D eigenvalue weighted by atomic mass is 10.1. The van der Waals surface area contributed by atoms with Crippen LogP contribution < -0.4 is 14.4 Å². The standard InChI is InChI=1S/C26H22ClN3O4S2/c1-17-13-18-5-2-3-8-24(18)30(17)36(32,33)23-7-4-6-19(14-23)25(31)29-26-28-21(16-35-26)15-34-22-11-9-20(27)10-12-22/h2-12,14,16-17H,13,15H2,1H3,(H,28,29,31)/t17-/m0/s1. The van der Waals surface area contributed by atoms with Crippen molar-refractivity contribution in [3.63, 3.8) is 0 Å². The van der Waals surface area contributed by atoms with Crippen molar-refractivity contribution in [1.82, 2.24) is 4.98 Å². The summed E-state index contributed by atoms with van der Waals surface area (Å²) in [6, 6.07) is 20.3. The molecule has 3 aromatic carbocycles. The second kappa shape index (κ2) is 9.93. The molecule has 10 heteroatoms. The predicted octanol–water partition coefficient (Wildman–Crippen LogP) is 5.77. The highest BCUT2D eigenvalue weighted by Crippen LogP contribution is 2.36. The summed E-state index contributed by atoms with van der Waals surface area (Å²) in [4.78, 5) is 17.4. The summed E-state index contributed by atoms with van der Waals surface area (Å²) in [5.74, 6) is 0.215. The fourth-order valence-electron chi connectivity index (χ4n) is 4.10. The summed E-state index contributed by atoms with van der Waals surface area (Å²) < 4.78 is 34.2. The number of halogens is 1. The van der Waals surface area contributed by atoms with Crippen molar-refractivity contribution in [2.75, 3.05) is 9.62 Å². The van der Waals surface area contributed by atoms with Crippen molar-refractivity contribution in [3.8, 4) is 5.75 Å². The van der Waals surface area contributed by atoms with E-state index in [1.807, 2.05) is 31.2 Å². The molecular formula is C26H22ClN3O4S2. The van der Waals surface area contributed by atoms with E-state index in [2.05, 4.69) is 10.3 Å². The molecule has 0 spiro atoms. The van der Waals surface area contributed by atoms with Crippen LogP contribution in [0.25, 0.3) is 0 Å². The highest BCUT2D eigenvalue weighted by atomic mass is 35.5. The number of amides is 1. The van der Waals surface area contributed by atoms with Crippen LogP contribution in [0.1, 0.15) is 28.5 Å². The van der Waals surface area contributed by atoms with Crippen LogP contribution in [0.3, 0.4) is 0 Å². The van der Waals surface area contributed by atoms with Crippen LogP contribution in [-0.4, -0.2) is 25.4 Å². The number of ether oxygens (including phenoxy) is 1. The van der Waals surface area contributed by atoms with Gasteiger partial charge >= 0.3 is 0 Å². The van der Waals surface area contributed by atoms with Gasteiger partial charge in [0.15, 0.2) is 5.13 Å². The first-order valence-electron chi connectivity index (χ1n) is 11.2. The first-order valence-corrected chi connectivity index (χ1v) is 13.9. The number of hydrogen-bond acceptors (Lipinski definition) is 6. The number of hydrogen-bond donors (Lipinski definition) is 1. The molecule has 7 nitrogen and oxygen atoms in total. The van der Waals surface area contributed by atoms with Gasteiger partial charge in [-0.1, -0.05) is 35.9 Å². The predicted molar refractivity (Wildman–Crippen MR) is 142 cm³/mol. The Kier molecular flexibility index (Phi) is 6.70. The van der Waals surface area contributed by atoms with Crippen LogP contribution in [0.4, 0.5) is 10.8 Å². The summed E-state index contributed by atoms with van der Waals surface area (Å²) in [7, 11) is -3.85. The second-order valence-corrected chi connectivity index (χ2v) is 11.5. The van der Waals surface area contributed by atoms with Crippen molar-refractivity contribution in [3.05, 3.63) is 100 Å². The average Bonchev–Trinajstić information content (AvgIpc) is 3.46. The minimum absolute atomic E-state index is 0.0647. The van der Waals surface area contributed by atoms with Gasteiger partial charge in [0.05, 0.1) is 16.3 Å². The molecule has 1 aliphatic rings. The monoisotopic (exact) mass is 539 g/mol. The van der Waals surface area contributed by atoms with Crippen molar-refractivity contribution < 1.29 is 17.9 Å². The third kappa shape index (κ3) is 4.95. The molecule has 184 valence electrons. The molecule has 2 heterocycles. The Morgan fingerprint density at radius 1 is 1.14 bits per heavy atom. The van der Waals surface area contributed by atoms with Gasteiger partial charge < -0.3 is 4.74 Å². The Hall–Kier alpha value is -3.40. The van der Waals surface area contributed by atoms with Crippen LogP contribution in [-0.2, 0) is 23.1 Å². The van der Waals surface area contributed by atoms with E-state index in [-0.39, 0.29) is 23.1 Å². The Bertz CT molecular complexity index is 1520. The molecule has 36 heavy (non-hydrogen) atoms. The molecule has 5 rings (SSSR count). The van der Waals surface area contributed by atoms with Gasteiger partial charge in [0.1, 0.15) is 12.4 Å². The molecular weight excluding hydrogens is 518 g/mol. The highest BCUT2D eigenvalue weighted by molar-refractivity contribution is 7.92. The zero-order chi connectivity index (χ0) is 25.3. The van der Waals surface area contributed by atoms with Crippen LogP contribution >= 0.6 is 22.9 Å². The second-order valence-electron chi connectivity index (χ2n) is 8.35. The van der Waals surface area contributed by atoms with Gasteiger partial charge in [-0.2, -0.15) is 0 Å². The lowest BCUT2D eigenvalue weighted by molar-refractivity contribution is 0.102. The molecule has 0 radical (unpaired) electrons. The lowest BCUT2D eigenvalue weighted by Crippen LogP contribution is -2.35. The third-order valence-corrected chi connectivity index (χ3v) is 8.75. The third-order valence-electron chi connectivity index (χ3n) is 5.77. The minimum Gasteiger partial charge on any atom is -0.487 e. The zero-order valence-corrected chi connectivity index (χ0v) is 21.6. The van der Waals surface area contributed by atoms with Crippen LogP contribution in [0, 0.1) is 0 Å². The quantitative estimate of drug-likeness (QED) is 0.322. The highest BCUT2D eigenvalue weighted by Gasteiger charge is 2.36. The van der Waals surface area contributed by atoms with E-state index >= 15 is 0 Å². The smallest absolute Gasteiger partial charge is 0.264 e. The molecule has 0 saturated heterocycles. The van der Waals surface area contributed by atoms with Crippen LogP contribution in [0.2, 0.25) is 5.02 Å². The molecule has 4 aromatic rings. The van der Waals surface area contributed by atoms with Gasteiger partial charge in [-0.25, -0.2) is 13.4 Å². The van der Waals surface area contributed by atoms with E-state index in [1.165, 1.54) is 27.8 Å². The summed E-state index contributed by atoms with van der Waals surface area (Å²) in [6.07, 6.45) is 0.643. The van der Waals surface area contributed by atoms with E-state index in [0.717, 1.165) is 5.56 Å². The average molecular weight is 540 g/mol.